The first kappa shape index (κ1) is 13.8. The molecule has 1 aliphatic rings. The average molecular weight is 355 g/mol. The molecule has 0 saturated carbocycles. The first-order chi connectivity index (χ1) is 9.70. The largest absolute Gasteiger partial charge is 0.486 e. The molecular weight excluding hydrogens is 343 g/mol. The Morgan fingerprint density at radius 2 is 1.85 bits per heavy atom. The summed E-state index contributed by atoms with van der Waals surface area (Å²) in [5.74, 6) is 2.05. The molecule has 104 valence electrons. The van der Waals surface area contributed by atoms with Crippen LogP contribution in [0.5, 0.6) is 11.5 Å². The van der Waals surface area contributed by atoms with Crippen LogP contribution in [0, 0.1) is 5.82 Å². The van der Waals surface area contributed by atoms with Crippen molar-refractivity contribution in [3.05, 3.63) is 52.3 Å². The van der Waals surface area contributed by atoms with Crippen molar-refractivity contribution >= 4 is 27.7 Å². The lowest BCUT2D eigenvalue weighted by Crippen LogP contribution is -2.15. The van der Waals surface area contributed by atoms with E-state index in [2.05, 4.69) is 15.9 Å². The first-order valence-corrected chi connectivity index (χ1v) is 7.96. The van der Waals surface area contributed by atoms with Gasteiger partial charge in [0, 0.05) is 15.1 Å². The van der Waals surface area contributed by atoms with Crippen LogP contribution in [0.2, 0.25) is 0 Å². The number of thioether (sulfide) groups is 1. The second-order valence-electron chi connectivity index (χ2n) is 4.37. The van der Waals surface area contributed by atoms with E-state index in [4.69, 9.17) is 9.47 Å². The Labute approximate surface area is 129 Å². The lowest BCUT2D eigenvalue weighted by atomic mass is 10.2. The number of halogens is 2. The highest BCUT2D eigenvalue weighted by Crippen LogP contribution is 2.35. The quantitative estimate of drug-likeness (QED) is 0.747. The highest BCUT2D eigenvalue weighted by atomic mass is 79.9. The van der Waals surface area contributed by atoms with Crippen LogP contribution >= 0.6 is 27.7 Å². The summed E-state index contributed by atoms with van der Waals surface area (Å²) in [6.45, 7) is 1.18. The maximum absolute atomic E-state index is 13.3. The average Bonchev–Trinajstić information content (AvgIpc) is 2.44. The lowest BCUT2D eigenvalue weighted by Gasteiger charge is -2.18. The van der Waals surface area contributed by atoms with Gasteiger partial charge in [0.15, 0.2) is 11.5 Å². The molecule has 5 heteroatoms. The van der Waals surface area contributed by atoms with Crippen molar-refractivity contribution in [1.82, 2.24) is 0 Å². The van der Waals surface area contributed by atoms with Crippen molar-refractivity contribution in [2.75, 3.05) is 13.2 Å². The number of hydrogen-bond acceptors (Lipinski definition) is 3. The van der Waals surface area contributed by atoms with Gasteiger partial charge in [0.2, 0.25) is 0 Å². The summed E-state index contributed by atoms with van der Waals surface area (Å²) in [6, 6.07) is 10.8. The zero-order valence-corrected chi connectivity index (χ0v) is 13.0. The minimum absolute atomic E-state index is 0.225. The van der Waals surface area contributed by atoms with E-state index < -0.39 is 0 Å². The number of hydrogen-bond donors (Lipinski definition) is 0. The highest BCUT2D eigenvalue weighted by Gasteiger charge is 2.12. The van der Waals surface area contributed by atoms with E-state index in [1.165, 1.54) is 6.07 Å². The molecule has 1 aliphatic heterocycles. The molecular formula is C15H12BrFO2S. The summed E-state index contributed by atoms with van der Waals surface area (Å²) in [7, 11) is 0. The molecule has 20 heavy (non-hydrogen) atoms. The van der Waals surface area contributed by atoms with Crippen molar-refractivity contribution in [2.45, 2.75) is 10.6 Å². The van der Waals surface area contributed by atoms with E-state index in [0.29, 0.717) is 19.0 Å². The van der Waals surface area contributed by atoms with Crippen molar-refractivity contribution in [3.8, 4) is 11.5 Å². The first-order valence-electron chi connectivity index (χ1n) is 6.18. The van der Waals surface area contributed by atoms with Crippen LogP contribution < -0.4 is 9.47 Å². The fourth-order valence-corrected chi connectivity index (χ4v) is 3.34. The third-order valence-electron chi connectivity index (χ3n) is 2.84. The number of fused-ring (bicyclic) bond motifs is 1. The molecule has 0 bridgehead atoms. The molecule has 1 heterocycles. The second kappa shape index (κ2) is 6.06. The third-order valence-corrected chi connectivity index (χ3v) is 4.36. The van der Waals surface area contributed by atoms with Gasteiger partial charge in [-0.25, -0.2) is 4.39 Å². The Morgan fingerprint density at radius 3 is 2.65 bits per heavy atom. The molecule has 0 unspecified atom stereocenters. The van der Waals surface area contributed by atoms with Gasteiger partial charge in [-0.1, -0.05) is 15.9 Å². The van der Waals surface area contributed by atoms with Crippen molar-refractivity contribution in [1.29, 1.82) is 0 Å². The Kier molecular flexibility index (Phi) is 4.17. The fourth-order valence-electron chi connectivity index (χ4n) is 1.97. The molecule has 0 spiro atoms. The minimum atomic E-state index is -0.225. The summed E-state index contributed by atoms with van der Waals surface area (Å²) in [6.07, 6.45) is 0. The molecule has 0 aliphatic carbocycles. The molecule has 0 amide bonds. The SMILES string of the molecule is Fc1cc(Br)cc(CSc2ccc3c(c2)OCCO3)c1. The van der Waals surface area contributed by atoms with Crippen molar-refractivity contribution in [3.63, 3.8) is 0 Å². The molecule has 0 N–H and O–H groups in total. The third kappa shape index (κ3) is 3.27. The Morgan fingerprint density at radius 1 is 1.05 bits per heavy atom. The van der Waals surface area contributed by atoms with Crippen molar-refractivity contribution < 1.29 is 13.9 Å². The van der Waals surface area contributed by atoms with Gasteiger partial charge in [0.05, 0.1) is 0 Å². The Bertz CT molecular complexity index is 613. The van der Waals surface area contributed by atoms with Crippen LogP contribution in [-0.4, -0.2) is 13.2 Å². The fraction of sp³-hybridized carbons (Fsp3) is 0.200. The number of ether oxygens (including phenoxy) is 2. The summed E-state index contributed by atoms with van der Waals surface area (Å²) >= 11 is 4.94. The summed E-state index contributed by atoms with van der Waals surface area (Å²) < 4.78 is 25.1. The van der Waals surface area contributed by atoms with Crippen LogP contribution in [0.4, 0.5) is 4.39 Å². The van der Waals surface area contributed by atoms with Gasteiger partial charge in [-0.3, -0.25) is 0 Å². The Hall–Kier alpha value is -1.20. The molecule has 2 aromatic carbocycles. The highest BCUT2D eigenvalue weighted by molar-refractivity contribution is 9.10. The second-order valence-corrected chi connectivity index (χ2v) is 6.34. The van der Waals surface area contributed by atoms with E-state index in [9.17, 15) is 4.39 Å². The summed E-state index contributed by atoms with van der Waals surface area (Å²) in [5, 5.41) is 0. The zero-order chi connectivity index (χ0) is 13.9. The zero-order valence-electron chi connectivity index (χ0n) is 10.6. The van der Waals surface area contributed by atoms with Crippen LogP contribution in [-0.2, 0) is 5.75 Å². The van der Waals surface area contributed by atoms with Crippen LogP contribution in [0.1, 0.15) is 5.56 Å². The monoisotopic (exact) mass is 354 g/mol. The normalized spacial score (nSPS) is 13.3. The molecule has 0 aromatic heterocycles. The Balaban J connectivity index is 1.71. The summed E-state index contributed by atoms with van der Waals surface area (Å²) in [4.78, 5) is 1.08. The molecule has 0 saturated heterocycles. The number of benzene rings is 2. The van der Waals surface area contributed by atoms with Gasteiger partial charge in [0.25, 0.3) is 0 Å². The van der Waals surface area contributed by atoms with Gasteiger partial charge >= 0.3 is 0 Å². The van der Waals surface area contributed by atoms with E-state index in [1.54, 1.807) is 17.8 Å². The maximum Gasteiger partial charge on any atom is 0.162 e. The van der Waals surface area contributed by atoms with E-state index in [-0.39, 0.29) is 5.82 Å². The van der Waals surface area contributed by atoms with E-state index in [0.717, 1.165) is 26.4 Å². The molecule has 0 fully saturated rings. The molecule has 3 rings (SSSR count). The smallest absolute Gasteiger partial charge is 0.162 e. The minimum Gasteiger partial charge on any atom is -0.486 e. The molecule has 0 atom stereocenters. The van der Waals surface area contributed by atoms with Crippen molar-refractivity contribution in [2.24, 2.45) is 0 Å². The van der Waals surface area contributed by atoms with Crippen LogP contribution in [0.3, 0.4) is 0 Å². The molecule has 2 nitrogen and oxygen atoms in total. The molecule has 2 aromatic rings. The molecule has 0 radical (unpaired) electrons. The summed E-state index contributed by atoms with van der Waals surface area (Å²) in [5.41, 5.74) is 0.941. The van der Waals surface area contributed by atoms with Gasteiger partial charge in [-0.15, -0.1) is 11.8 Å². The standard InChI is InChI=1S/C15H12BrFO2S/c16-11-5-10(6-12(17)7-11)9-20-13-1-2-14-15(8-13)19-4-3-18-14/h1-2,5-8H,3-4,9H2. The van der Waals surface area contributed by atoms with Crippen LogP contribution in [0.15, 0.2) is 45.8 Å². The van der Waals surface area contributed by atoms with Gasteiger partial charge in [-0.2, -0.15) is 0 Å². The lowest BCUT2D eigenvalue weighted by molar-refractivity contribution is 0.171. The van der Waals surface area contributed by atoms with Gasteiger partial charge < -0.3 is 9.47 Å². The van der Waals surface area contributed by atoms with Crippen LogP contribution in [0.25, 0.3) is 0 Å². The predicted octanol–water partition coefficient (Wildman–Crippen LogP) is 4.65. The van der Waals surface area contributed by atoms with Gasteiger partial charge in [0.1, 0.15) is 19.0 Å². The van der Waals surface area contributed by atoms with E-state index in [1.807, 2.05) is 24.3 Å². The van der Waals surface area contributed by atoms with Gasteiger partial charge in [-0.05, 0) is 42.0 Å². The van der Waals surface area contributed by atoms with E-state index >= 15 is 0 Å². The topological polar surface area (TPSA) is 18.5 Å². The maximum atomic E-state index is 13.3. The predicted molar refractivity (Wildman–Crippen MR) is 81.1 cm³/mol. The number of rotatable bonds is 3.